The number of rotatable bonds is 1. The van der Waals surface area contributed by atoms with Crippen molar-refractivity contribution in [1.82, 2.24) is 5.32 Å². The molecule has 2 aliphatic rings. The highest BCUT2D eigenvalue weighted by Crippen LogP contribution is 2.56. The van der Waals surface area contributed by atoms with E-state index in [1.165, 1.54) is 18.7 Å². The first kappa shape index (κ1) is 7.57. The van der Waals surface area contributed by atoms with Crippen LogP contribution < -0.4 is 5.32 Å². The van der Waals surface area contributed by atoms with Crippen LogP contribution in [-0.4, -0.2) is 13.1 Å². The van der Waals surface area contributed by atoms with Gasteiger partial charge in [0.05, 0.1) is 0 Å². The maximum absolute atomic E-state index is 3.44. The Morgan fingerprint density at radius 2 is 1.85 bits per heavy atom. The lowest BCUT2D eigenvalue weighted by Crippen LogP contribution is -2.14. The fourth-order valence-electron chi connectivity index (χ4n) is 2.84. The molecule has 0 spiro atoms. The largest absolute Gasteiger partial charge is 0.316 e. The summed E-state index contributed by atoms with van der Waals surface area (Å²) < 4.78 is 0. The number of benzene rings is 1. The molecule has 0 amide bonds. The Kier molecular flexibility index (Phi) is 1.50. The quantitative estimate of drug-likeness (QED) is 0.684. The number of aryl methyl sites for hydroxylation is 1. The lowest BCUT2D eigenvalue weighted by molar-refractivity contribution is 0.682. The summed E-state index contributed by atoms with van der Waals surface area (Å²) in [6.07, 6.45) is 0. The Labute approximate surface area is 79.2 Å². The van der Waals surface area contributed by atoms with Crippen molar-refractivity contribution in [1.29, 1.82) is 0 Å². The van der Waals surface area contributed by atoms with Crippen molar-refractivity contribution in [3.63, 3.8) is 0 Å². The van der Waals surface area contributed by atoms with Gasteiger partial charge < -0.3 is 5.32 Å². The van der Waals surface area contributed by atoms with Crippen LogP contribution >= 0.6 is 0 Å². The zero-order valence-corrected chi connectivity index (χ0v) is 7.96. The predicted molar refractivity (Wildman–Crippen MR) is 53.8 cm³/mol. The minimum absolute atomic E-state index is 0.877. The van der Waals surface area contributed by atoms with E-state index < -0.39 is 0 Å². The van der Waals surface area contributed by atoms with E-state index in [4.69, 9.17) is 0 Å². The first-order valence-electron chi connectivity index (χ1n) is 5.14. The second-order valence-corrected chi connectivity index (χ2v) is 4.37. The molecule has 3 rings (SSSR count). The van der Waals surface area contributed by atoms with Crippen LogP contribution in [0.1, 0.15) is 17.0 Å². The van der Waals surface area contributed by atoms with E-state index in [-0.39, 0.29) is 0 Å². The van der Waals surface area contributed by atoms with Crippen molar-refractivity contribution in [2.24, 2.45) is 11.8 Å². The molecule has 68 valence electrons. The predicted octanol–water partition coefficient (Wildman–Crippen LogP) is 1.93. The number of hydrogen-bond acceptors (Lipinski definition) is 1. The van der Waals surface area contributed by atoms with E-state index in [2.05, 4.69) is 36.5 Å². The van der Waals surface area contributed by atoms with Gasteiger partial charge in [0.1, 0.15) is 0 Å². The van der Waals surface area contributed by atoms with E-state index in [0.29, 0.717) is 0 Å². The van der Waals surface area contributed by atoms with Crippen molar-refractivity contribution < 1.29 is 0 Å². The number of nitrogens with one attached hydrogen (secondary N) is 1. The summed E-state index contributed by atoms with van der Waals surface area (Å²) in [5, 5.41) is 3.44. The van der Waals surface area contributed by atoms with Gasteiger partial charge in [0, 0.05) is 0 Å². The van der Waals surface area contributed by atoms with Crippen LogP contribution in [0.25, 0.3) is 0 Å². The zero-order valence-electron chi connectivity index (χ0n) is 7.96. The molecule has 1 heteroatoms. The van der Waals surface area contributed by atoms with Gasteiger partial charge >= 0.3 is 0 Å². The maximum atomic E-state index is 3.44. The lowest BCUT2D eigenvalue weighted by atomic mass is 10.0. The molecule has 13 heavy (non-hydrogen) atoms. The van der Waals surface area contributed by atoms with Gasteiger partial charge in [0.15, 0.2) is 0 Å². The van der Waals surface area contributed by atoms with Crippen LogP contribution in [0.2, 0.25) is 0 Å². The topological polar surface area (TPSA) is 12.0 Å². The molecule has 2 fully saturated rings. The van der Waals surface area contributed by atoms with Crippen LogP contribution in [0.4, 0.5) is 0 Å². The fraction of sp³-hybridized carbons (Fsp3) is 0.500. The average molecular weight is 173 g/mol. The van der Waals surface area contributed by atoms with Gasteiger partial charge in [-0.25, -0.2) is 0 Å². The Balaban J connectivity index is 1.91. The van der Waals surface area contributed by atoms with Crippen LogP contribution in [0, 0.1) is 18.8 Å². The van der Waals surface area contributed by atoms with Crippen LogP contribution in [0.3, 0.4) is 0 Å². The van der Waals surface area contributed by atoms with E-state index >= 15 is 0 Å². The molecule has 1 aliphatic heterocycles. The standard InChI is InChI=1S/C12H15N/c1-8-4-2-3-5-9(8)12-10-6-13-7-11(10)12/h2-5,10-13H,6-7H2,1H3. The van der Waals surface area contributed by atoms with Crippen molar-refractivity contribution in [2.75, 3.05) is 13.1 Å². The lowest BCUT2D eigenvalue weighted by Gasteiger charge is -2.07. The third-order valence-corrected chi connectivity index (χ3v) is 3.64. The molecule has 0 bridgehead atoms. The number of hydrogen-bond donors (Lipinski definition) is 1. The van der Waals surface area contributed by atoms with Crippen LogP contribution in [-0.2, 0) is 0 Å². The second-order valence-electron chi connectivity index (χ2n) is 4.37. The first-order valence-corrected chi connectivity index (χ1v) is 5.14. The minimum atomic E-state index is 0.877. The third kappa shape index (κ3) is 1.03. The monoisotopic (exact) mass is 173 g/mol. The summed E-state index contributed by atoms with van der Waals surface area (Å²) in [5.74, 6) is 2.77. The molecule has 1 aromatic rings. The van der Waals surface area contributed by atoms with Gasteiger partial charge in [0.25, 0.3) is 0 Å². The second kappa shape index (κ2) is 2.58. The number of piperidine rings is 1. The smallest absolute Gasteiger partial charge is 0.00111 e. The van der Waals surface area contributed by atoms with Gasteiger partial charge in [0.2, 0.25) is 0 Å². The van der Waals surface area contributed by atoms with E-state index in [1.807, 2.05) is 0 Å². The first-order chi connectivity index (χ1) is 6.38. The number of fused-ring (bicyclic) bond motifs is 1. The highest BCUT2D eigenvalue weighted by Gasteiger charge is 2.53. The Morgan fingerprint density at radius 1 is 1.15 bits per heavy atom. The molecule has 1 heterocycles. The van der Waals surface area contributed by atoms with Gasteiger partial charge in [-0.05, 0) is 48.9 Å². The molecule has 2 unspecified atom stereocenters. The molecule has 1 nitrogen and oxygen atoms in total. The third-order valence-electron chi connectivity index (χ3n) is 3.64. The highest BCUT2D eigenvalue weighted by atomic mass is 15.0. The van der Waals surface area contributed by atoms with Crippen LogP contribution in [0.15, 0.2) is 24.3 Å². The Bertz CT molecular complexity index is 322. The molecule has 1 saturated heterocycles. The average Bonchev–Trinajstić information content (AvgIpc) is 2.61. The fourth-order valence-corrected chi connectivity index (χ4v) is 2.84. The normalized spacial score (nSPS) is 35.9. The zero-order chi connectivity index (χ0) is 8.84. The van der Waals surface area contributed by atoms with E-state index in [0.717, 1.165) is 17.8 Å². The maximum Gasteiger partial charge on any atom is -0.00111 e. The Morgan fingerprint density at radius 3 is 2.54 bits per heavy atom. The summed E-state index contributed by atoms with van der Waals surface area (Å²) in [6.45, 7) is 4.71. The summed E-state index contributed by atoms with van der Waals surface area (Å²) in [4.78, 5) is 0. The molecule has 1 aliphatic carbocycles. The molecule has 1 saturated carbocycles. The van der Waals surface area contributed by atoms with Gasteiger partial charge in [-0.3, -0.25) is 0 Å². The van der Waals surface area contributed by atoms with Gasteiger partial charge in [-0.15, -0.1) is 0 Å². The van der Waals surface area contributed by atoms with Crippen molar-refractivity contribution in [2.45, 2.75) is 12.8 Å². The summed E-state index contributed by atoms with van der Waals surface area (Å²) >= 11 is 0. The van der Waals surface area contributed by atoms with Crippen LogP contribution in [0.5, 0.6) is 0 Å². The molecule has 2 atom stereocenters. The Hall–Kier alpha value is -0.820. The molecule has 0 aromatic heterocycles. The van der Waals surface area contributed by atoms with E-state index in [9.17, 15) is 0 Å². The summed E-state index contributed by atoms with van der Waals surface area (Å²) in [7, 11) is 0. The molecular weight excluding hydrogens is 158 g/mol. The highest BCUT2D eigenvalue weighted by molar-refractivity contribution is 5.36. The summed E-state index contributed by atoms with van der Waals surface area (Å²) in [6, 6.07) is 8.84. The molecular formula is C12H15N. The summed E-state index contributed by atoms with van der Waals surface area (Å²) in [5.41, 5.74) is 3.07. The molecule has 1 aromatic carbocycles. The molecule has 1 N–H and O–H groups in total. The van der Waals surface area contributed by atoms with Crippen molar-refractivity contribution in [3.8, 4) is 0 Å². The van der Waals surface area contributed by atoms with Gasteiger partial charge in [-0.1, -0.05) is 24.3 Å². The SMILES string of the molecule is Cc1ccccc1C1C2CNCC21. The van der Waals surface area contributed by atoms with E-state index in [1.54, 1.807) is 5.56 Å². The van der Waals surface area contributed by atoms with Crippen molar-refractivity contribution >= 4 is 0 Å². The minimum Gasteiger partial charge on any atom is -0.316 e. The van der Waals surface area contributed by atoms with Gasteiger partial charge in [-0.2, -0.15) is 0 Å². The molecule has 0 radical (unpaired) electrons. The van der Waals surface area contributed by atoms with Crippen molar-refractivity contribution in [3.05, 3.63) is 35.4 Å².